The third-order valence-corrected chi connectivity index (χ3v) is 2.85. The van der Waals surface area contributed by atoms with Gasteiger partial charge in [-0.05, 0) is 17.8 Å². The highest BCUT2D eigenvalue weighted by Gasteiger charge is 1.89. The maximum absolute atomic E-state index is 3.24. The molecule has 0 aliphatic rings. The second kappa shape index (κ2) is 14.0. The predicted molar refractivity (Wildman–Crippen MR) is 74.4 cm³/mol. The standard InChI is InChI=1S/C14H25Br/c1-2-3-4-5-6-7-8-9-10-11-12-13-14-15/h11-14H,2-10H2,1H3. The molecule has 0 aliphatic heterocycles. The topological polar surface area (TPSA) is 0 Å². The molecule has 0 spiro atoms. The van der Waals surface area contributed by atoms with E-state index in [0.717, 1.165) is 0 Å². The van der Waals surface area contributed by atoms with E-state index in [2.05, 4.69) is 35.0 Å². The maximum atomic E-state index is 3.24. The number of halogens is 1. The molecule has 0 saturated heterocycles. The van der Waals surface area contributed by atoms with E-state index < -0.39 is 0 Å². The van der Waals surface area contributed by atoms with Gasteiger partial charge in [0.2, 0.25) is 0 Å². The largest absolute Gasteiger partial charge is 0.0845 e. The Labute approximate surface area is 104 Å². The Morgan fingerprint density at radius 3 is 2.00 bits per heavy atom. The van der Waals surface area contributed by atoms with Crippen molar-refractivity contribution in [2.24, 2.45) is 0 Å². The van der Waals surface area contributed by atoms with Crippen molar-refractivity contribution in [3.63, 3.8) is 0 Å². The fraction of sp³-hybridized carbons (Fsp3) is 0.714. The van der Waals surface area contributed by atoms with Gasteiger partial charge in [0, 0.05) is 0 Å². The highest BCUT2D eigenvalue weighted by molar-refractivity contribution is 9.11. The highest BCUT2D eigenvalue weighted by Crippen LogP contribution is 2.09. The Hall–Kier alpha value is -0.0400. The lowest BCUT2D eigenvalue weighted by molar-refractivity contribution is 0.577. The van der Waals surface area contributed by atoms with Crippen LogP contribution in [-0.2, 0) is 0 Å². The maximum Gasteiger partial charge on any atom is -0.0189 e. The smallest absolute Gasteiger partial charge is 0.0189 e. The van der Waals surface area contributed by atoms with E-state index in [1.165, 1.54) is 57.8 Å². The lowest BCUT2D eigenvalue weighted by Crippen LogP contribution is -1.79. The van der Waals surface area contributed by atoms with Crippen LogP contribution in [0, 0.1) is 0 Å². The Morgan fingerprint density at radius 2 is 1.40 bits per heavy atom. The molecule has 0 rings (SSSR count). The van der Waals surface area contributed by atoms with Gasteiger partial charge in [0.15, 0.2) is 0 Å². The molecule has 1 heteroatoms. The molecule has 0 aromatic rings. The van der Waals surface area contributed by atoms with Gasteiger partial charge in [-0.15, -0.1) is 0 Å². The Balaban J connectivity index is 2.98. The first-order valence-corrected chi connectivity index (χ1v) is 7.25. The molecular weight excluding hydrogens is 248 g/mol. The van der Waals surface area contributed by atoms with E-state index >= 15 is 0 Å². The van der Waals surface area contributed by atoms with Crippen molar-refractivity contribution in [3.8, 4) is 0 Å². The summed E-state index contributed by atoms with van der Waals surface area (Å²) in [4.78, 5) is 1.89. The van der Waals surface area contributed by atoms with Crippen molar-refractivity contribution < 1.29 is 0 Å². The Bertz CT molecular complexity index is 159. The zero-order valence-corrected chi connectivity index (χ0v) is 11.6. The second-order valence-corrected chi connectivity index (χ2v) is 4.54. The number of allylic oxidation sites excluding steroid dienone is 3. The number of hydrogen-bond donors (Lipinski definition) is 0. The van der Waals surface area contributed by atoms with Crippen LogP contribution >= 0.6 is 15.9 Å². The molecule has 0 amide bonds. The summed E-state index contributed by atoms with van der Waals surface area (Å²) in [7, 11) is 0. The first-order valence-electron chi connectivity index (χ1n) is 6.33. The molecule has 0 aromatic heterocycles. The highest BCUT2D eigenvalue weighted by atomic mass is 79.9. The summed E-state index contributed by atoms with van der Waals surface area (Å²) in [5.41, 5.74) is 0. The van der Waals surface area contributed by atoms with Gasteiger partial charge >= 0.3 is 0 Å². The van der Waals surface area contributed by atoms with Crippen LogP contribution < -0.4 is 0 Å². The molecule has 0 radical (unpaired) electrons. The van der Waals surface area contributed by atoms with Crippen molar-refractivity contribution in [3.05, 3.63) is 23.2 Å². The number of hydrogen-bond acceptors (Lipinski definition) is 0. The lowest BCUT2D eigenvalue weighted by atomic mass is 10.1. The predicted octanol–water partition coefficient (Wildman–Crippen LogP) is 5.98. The zero-order valence-electron chi connectivity index (χ0n) is 10.1. The van der Waals surface area contributed by atoms with Crippen LogP contribution in [0.15, 0.2) is 23.2 Å². The molecule has 0 saturated carbocycles. The minimum Gasteiger partial charge on any atom is -0.0845 e. The van der Waals surface area contributed by atoms with Gasteiger partial charge < -0.3 is 0 Å². The quantitative estimate of drug-likeness (QED) is 0.339. The molecule has 0 aliphatic carbocycles. The van der Waals surface area contributed by atoms with Gasteiger partial charge in [0.1, 0.15) is 0 Å². The number of rotatable bonds is 10. The molecular formula is C14H25Br. The summed E-state index contributed by atoms with van der Waals surface area (Å²) >= 11 is 3.24. The molecule has 0 fully saturated rings. The van der Waals surface area contributed by atoms with Crippen LogP contribution in [0.3, 0.4) is 0 Å². The number of unbranched alkanes of at least 4 members (excludes halogenated alkanes) is 8. The van der Waals surface area contributed by atoms with Crippen molar-refractivity contribution in [2.75, 3.05) is 0 Å². The molecule has 0 unspecified atom stereocenters. The van der Waals surface area contributed by atoms with Gasteiger partial charge in [-0.1, -0.05) is 86.0 Å². The van der Waals surface area contributed by atoms with Crippen molar-refractivity contribution in [1.82, 2.24) is 0 Å². The third kappa shape index (κ3) is 14.0. The summed E-state index contributed by atoms with van der Waals surface area (Å²) in [6, 6.07) is 0. The Morgan fingerprint density at radius 1 is 0.800 bits per heavy atom. The third-order valence-electron chi connectivity index (χ3n) is 2.54. The first kappa shape index (κ1) is 15.0. The van der Waals surface area contributed by atoms with E-state index in [4.69, 9.17) is 0 Å². The van der Waals surface area contributed by atoms with Crippen molar-refractivity contribution in [2.45, 2.75) is 64.7 Å². The summed E-state index contributed by atoms with van der Waals surface area (Å²) in [6.07, 6.45) is 18.9. The van der Waals surface area contributed by atoms with Crippen LogP contribution in [0.1, 0.15) is 64.7 Å². The average molecular weight is 273 g/mol. The van der Waals surface area contributed by atoms with Crippen LogP contribution in [-0.4, -0.2) is 0 Å². The van der Waals surface area contributed by atoms with Crippen LogP contribution in [0.2, 0.25) is 0 Å². The summed E-state index contributed by atoms with van der Waals surface area (Å²) in [5, 5.41) is 0. The average Bonchev–Trinajstić information content (AvgIpc) is 2.26. The second-order valence-electron chi connectivity index (χ2n) is 4.01. The van der Waals surface area contributed by atoms with Crippen LogP contribution in [0.25, 0.3) is 0 Å². The lowest BCUT2D eigenvalue weighted by Gasteiger charge is -1.99. The summed E-state index contributed by atoms with van der Waals surface area (Å²) in [5.74, 6) is 0. The van der Waals surface area contributed by atoms with E-state index in [1.54, 1.807) is 0 Å². The van der Waals surface area contributed by atoms with Gasteiger partial charge in [-0.2, -0.15) is 0 Å². The zero-order chi connectivity index (χ0) is 11.2. The van der Waals surface area contributed by atoms with E-state index in [9.17, 15) is 0 Å². The van der Waals surface area contributed by atoms with Crippen molar-refractivity contribution >= 4 is 15.9 Å². The van der Waals surface area contributed by atoms with E-state index in [1.807, 2.05) is 11.1 Å². The molecule has 0 heterocycles. The summed E-state index contributed by atoms with van der Waals surface area (Å²) < 4.78 is 0. The van der Waals surface area contributed by atoms with Gasteiger partial charge in [-0.3, -0.25) is 0 Å². The van der Waals surface area contributed by atoms with Crippen LogP contribution in [0.5, 0.6) is 0 Å². The van der Waals surface area contributed by atoms with Crippen molar-refractivity contribution in [1.29, 1.82) is 0 Å². The fourth-order valence-corrected chi connectivity index (χ4v) is 1.79. The van der Waals surface area contributed by atoms with E-state index in [0.29, 0.717) is 0 Å². The van der Waals surface area contributed by atoms with Crippen LogP contribution in [0.4, 0.5) is 0 Å². The Kier molecular flexibility index (Phi) is 13.9. The monoisotopic (exact) mass is 272 g/mol. The SMILES string of the molecule is CCCCCCCCCCC=CC=CBr. The molecule has 88 valence electrons. The molecule has 0 bridgehead atoms. The fourth-order valence-electron chi connectivity index (χ4n) is 1.61. The van der Waals surface area contributed by atoms with Gasteiger partial charge in [0.25, 0.3) is 0 Å². The normalized spacial score (nSPS) is 11.9. The first-order chi connectivity index (χ1) is 7.41. The van der Waals surface area contributed by atoms with E-state index in [-0.39, 0.29) is 0 Å². The molecule has 15 heavy (non-hydrogen) atoms. The minimum absolute atomic E-state index is 1.23. The molecule has 0 aromatic carbocycles. The van der Waals surface area contributed by atoms with Gasteiger partial charge in [0.05, 0.1) is 0 Å². The summed E-state index contributed by atoms with van der Waals surface area (Å²) in [6.45, 7) is 2.27. The molecule has 0 N–H and O–H groups in total. The molecule has 0 atom stereocenters. The van der Waals surface area contributed by atoms with Gasteiger partial charge in [-0.25, -0.2) is 0 Å². The molecule has 0 nitrogen and oxygen atoms in total. The minimum atomic E-state index is 1.23.